The van der Waals surface area contributed by atoms with E-state index in [9.17, 15) is 9.59 Å². The maximum Gasteiger partial charge on any atom is 0.493 e. The van der Waals surface area contributed by atoms with Gasteiger partial charge in [0.05, 0.1) is 7.11 Å². The first-order chi connectivity index (χ1) is 14.5. The third-order valence-electron chi connectivity index (χ3n) is 4.92. The van der Waals surface area contributed by atoms with Crippen LogP contribution >= 0.6 is 0 Å². The van der Waals surface area contributed by atoms with Gasteiger partial charge in [-0.2, -0.15) is 0 Å². The number of ether oxygens (including phenoxy) is 1. The highest BCUT2D eigenvalue weighted by Gasteiger charge is 2.23. The molecule has 3 rings (SSSR count). The van der Waals surface area contributed by atoms with Crippen molar-refractivity contribution < 1.29 is 23.6 Å². The molecule has 0 aliphatic heterocycles. The lowest BCUT2D eigenvalue weighted by molar-refractivity contribution is -0.142. The number of fused-ring (bicyclic) bond motifs is 1. The van der Waals surface area contributed by atoms with Crippen molar-refractivity contribution in [2.45, 2.75) is 12.5 Å². The van der Waals surface area contributed by atoms with Gasteiger partial charge in [0.1, 0.15) is 6.04 Å². The summed E-state index contributed by atoms with van der Waals surface area (Å²) in [6.45, 7) is 0. The summed E-state index contributed by atoms with van der Waals surface area (Å²) in [5.74, 6) is -0.827. The van der Waals surface area contributed by atoms with Gasteiger partial charge in [0, 0.05) is 26.2 Å². The topological polar surface area (TPSA) is 73.9 Å². The summed E-state index contributed by atoms with van der Waals surface area (Å²) in [6.07, 6.45) is 0.302. The Morgan fingerprint density at radius 2 is 1.57 bits per heavy atom. The largest absolute Gasteiger partial charge is 0.493 e. The average molecular weight is 405 g/mol. The number of carbonyl (C=O) groups excluding carboxylic acids is 2. The number of rotatable bonds is 8. The van der Waals surface area contributed by atoms with Crippen molar-refractivity contribution in [1.82, 2.24) is 5.32 Å². The van der Waals surface area contributed by atoms with E-state index in [1.54, 1.807) is 20.3 Å². The predicted molar refractivity (Wildman–Crippen MR) is 117 cm³/mol. The molecule has 0 aliphatic carbocycles. The molecule has 0 fully saturated rings. The number of amides is 1. The van der Waals surface area contributed by atoms with Crippen molar-refractivity contribution in [3.05, 3.63) is 77.9 Å². The second-order valence-corrected chi connectivity index (χ2v) is 6.86. The normalized spacial score (nSPS) is 11.7. The third-order valence-corrected chi connectivity index (χ3v) is 4.92. The minimum Gasteiger partial charge on any atom is -0.467 e. The Hall–Kier alpha value is -3.16. The highest BCUT2D eigenvalue weighted by atomic mass is 16.6. The molecule has 1 N–H and O–H groups in total. The second kappa shape index (κ2) is 10.0. The summed E-state index contributed by atoms with van der Waals surface area (Å²) < 4.78 is 15.4. The Labute approximate surface area is 176 Å². The van der Waals surface area contributed by atoms with E-state index < -0.39 is 19.1 Å². The van der Waals surface area contributed by atoms with Crippen molar-refractivity contribution in [2.24, 2.45) is 0 Å². The zero-order valence-corrected chi connectivity index (χ0v) is 17.3. The molecule has 6 nitrogen and oxygen atoms in total. The first kappa shape index (κ1) is 21.6. The van der Waals surface area contributed by atoms with Crippen LogP contribution in [0.25, 0.3) is 10.8 Å². The molecule has 3 aromatic rings. The lowest BCUT2D eigenvalue weighted by atomic mass is 9.78. The minimum atomic E-state index is -0.805. The summed E-state index contributed by atoms with van der Waals surface area (Å²) in [4.78, 5) is 25.1. The summed E-state index contributed by atoms with van der Waals surface area (Å²) in [5.41, 5.74) is 2.22. The van der Waals surface area contributed by atoms with Gasteiger partial charge >= 0.3 is 13.1 Å². The summed E-state index contributed by atoms with van der Waals surface area (Å²) in [6, 6.07) is 19.9. The van der Waals surface area contributed by atoms with E-state index in [2.05, 4.69) is 5.32 Å². The summed E-state index contributed by atoms with van der Waals surface area (Å²) in [5, 5.41) is 4.80. The van der Waals surface area contributed by atoms with Crippen molar-refractivity contribution in [3.8, 4) is 0 Å². The number of carbonyl (C=O) groups is 2. The van der Waals surface area contributed by atoms with Crippen LogP contribution in [0.2, 0.25) is 0 Å². The summed E-state index contributed by atoms with van der Waals surface area (Å²) in [7, 11) is 3.99. The van der Waals surface area contributed by atoms with Gasteiger partial charge in [-0.05, 0) is 33.9 Å². The van der Waals surface area contributed by atoms with Gasteiger partial charge in [0.15, 0.2) is 0 Å². The zero-order chi connectivity index (χ0) is 21.5. The molecule has 0 saturated carbocycles. The highest BCUT2D eigenvalue weighted by molar-refractivity contribution is 6.61. The van der Waals surface area contributed by atoms with Crippen LogP contribution in [0.4, 0.5) is 0 Å². The third kappa shape index (κ3) is 5.06. The number of hydrogen-bond donors (Lipinski definition) is 1. The van der Waals surface area contributed by atoms with Crippen molar-refractivity contribution in [3.63, 3.8) is 0 Å². The van der Waals surface area contributed by atoms with Gasteiger partial charge in [-0.15, -0.1) is 0 Å². The quantitative estimate of drug-likeness (QED) is 0.460. The Balaban J connectivity index is 1.75. The minimum absolute atomic E-state index is 0.302. The first-order valence-electron chi connectivity index (χ1n) is 9.57. The van der Waals surface area contributed by atoms with Gasteiger partial charge in [0.2, 0.25) is 0 Å². The lowest BCUT2D eigenvalue weighted by Crippen LogP contribution is -2.43. The Morgan fingerprint density at radius 3 is 2.20 bits per heavy atom. The Morgan fingerprint density at radius 1 is 0.900 bits per heavy atom. The molecule has 0 aliphatic rings. The molecular formula is C23H24BNO5. The summed E-state index contributed by atoms with van der Waals surface area (Å²) >= 11 is 0. The molecule has 30 heavy (non-hydrogen) atoms. The van der Waals surface area contributed by atoms with Crippen LogP contribution in [0.1, 0.15) is 15.9 Å². The van der Waals surface area contributed by atoms with Gasteiger partial charge in [-0.3, -0.25) is 4.79 Å². The fraction of sp³-hybridized carbons (Fsp3) is 0.217. The number of nitrogens with one attached hydrogen (secondary N) is 1. The van der Waals surface area contributed by atoms with E-state index in [1.165, 1.54) is 7.11 Å². The van der Waals surface area contributed by atoms with Crippen LogP contribution < -0.4 is 10.8 Å². The predicted octanol–water partition coefficient (Wildman–Crippen LogP) is 2.34. The van der Waals surface area contributed by atoms with E-state index in [0.29, 0.717) is 12.0 Å². The first-order valence-corrected chi connectivity index (χ1v) is 9.57. The Kier molecular flexibility index (Phi) is 7.22. The molecule has 0 spiro atoms. The maximum atomic E-state index is 12.8. The van der Waals surface area contributed by atoms with Crippen LogP contribution in [0.3, 0.4) is 0 Å². The SMILES string of the molecule is COB(OC)c1ccc(C[C@H](NC(=O)c2ccc3ccccc3c2)C(=O)OC)cc1. The van der Waals surface area contributed by atoms with Gasteiger partial charge in [-0.25, -0.2) is 4.79 Å². The zero-order valence-electron chi connectivity index (χ0n) is 17.3. The van der Waals surface area contributed by atoms with E-state index in [0.717, 1.165) is 21.8 Å². The van der Waals surface area contributed by atoms with Crippen LogP contribution in [0.5, 0.6) is 0 Å². The van der Waals surface area contributed by atoms with Gasteiger partial charge < -0.3 is 19.4 Å². The number of esters is 1. The number of methoxy groups -OCH3 is 1. The van der Waals surface area contributed by atoms with Crippen molar-refractivity contribution in [2.75, 3.05) is 21.3 Å². The molecule has 0 radical (unpaired) electrons. The Bertz CT molecular complexity index is 1020. The van der Waals surface area contributed by atoms with Gasteiger partial charge in [-0.1, -0.05) is 54.6 Å². The number of hydrogen-bond acceptors (Lipinski definition) is 5. The van der Waals surface area contributed by atoms with Crippen molar-refractivity contribution in [1.29, 1.82) is 0 Å². The maximum absolute atomic E-state index is 12.8. The van der Waals surface area contributed by atoms with Crippen LogP contribution in [-0.4, -0.2) is 46.4 Å². The molecule has 154 valence electrons. The van der Waals surface area contributed by atoms with E-state index in [4.69, 9.17) is 14.0 Å². The molecule has 0 bridgehead atoms. The molecule has 1 amide bonds. The molecule has 1 atom stereocenters. The van der Waals surface area contributed by atoms with E-state index in [-0.39, 0.29) is 5.91 Å². The molecule has 7 heteroatoms. The lowest BCUT2D eigenvalue weighted by Gasteiger charge is -2.17. The smallest absolute Gasteiger partial charge is 0.467 e. The highest BCUT2D eigenvalue weighted by Crippen LogP contribution is 2.16. The second-order valence-electron chi connectivity index (χ2n) is 6.86. The fourth-order valence-electron chi connectivity index (χ4n) is 3.32. The van der Waals surface area contributed by atoms with Crippen LogP contribution in [0.15, 0.2) is 66.7 Å². The van der Waals surface area contributed by atoms with Crippen LogP contribution in [0, 0.1) is 0 Å². The standard InChI is InChI=1S/C23H24BNO5/c1-28-23(27)21(14-16-8-12-20(13-9-16)24(29-2)30-3)25-22(26)19-11-10-17-6-4-5-7-18(17)15-19/h4-13,15,21H,14H2,1-3H3,(H,25,26)/t21-/m0/s1. The molecular weight excluding hydrogens is 381 g/mol. The molecule has 0 aromatic heterocycles. The molecule has 0 unspecified atom stereocenters. The fourth-order valence-corrected chi connectivity index (χ4v) is 3.32. The average Bonchev–Trinajstić information content (AvgIpc) is 2.79. The van der Waals surface area contributed by atoms with Crippen LogP contribution in [-0.2, 0) is 25.3 Å². The van der Waals surface area contributed by atoms with E-state index >= 15 is 0 Å². The molecule has 3 aromatic carbocycles. The van der Waals surface area contributed by atoms with Crippen molar-refractivity contribution >= 4 is 35.2 Å². The van der Waals surface area contributed by atoms with E-state index in [1.807, 2.05) is 60.7 Å². The van der Waals surface area contributed by atoms with Gasteiger partial charge in [0.25, 0.3) is 5.91 Å². The molecule has 0 heterocycles. The molecule has 0 saturated heterocycles. The number of benzene rings is 3. The monoisotopic (exact) mass is 405 g/mol.